The summed E-state index contributed by atoms with van der Waals surface area (Å²) in [5.74, 6) is 0. The SMILES string of the molecule is CCNC(c1cccnc1)c1cnccc1C(F)(F)F. The predicted octanol–water partition coefficient (Wildman–Crippen LogP) is 3.19. The van der Waals surface area contributed by atoms with Gasteiger partial charge in [-0.2, -0.15) is 13.2 Å². The van der Waals surface area contributed by atoms with Gasteiger partial charge in [0.2, 0.25) is 0 Å². The van der Waals surface area contributed by atoms with E-state index in [9.17, 15) is 13.2 Å². The van der Waals surface area contributed by atoms with E-state index in [0.29, 0.717) is 12.1 Å². The third-order valence-electron chi connectivity index (χ3n) is 2.89. The summed E-state index contributed by atoms with van der Waals surface area (Å²) in [6.07, 6.45) is 1.14. The fourth-order valence-corrected chi connectivity index (χ4v) is 2.05. The van der Waals surface area contributed by atoms with Crippen molar-refractivity contribution in [3.63, 3.8) is 0 Å². The molecule has 1 atom stereocenters. The van der Waals surface area contributed by atoms with Crippen molar-refractivity contribution in [3.05, 3.63) is 59.7 Å². The third-order valence-corrected chi connectivity index (χ3v) is 2.89. The van der Waals surface area contributed by atoms with Gasteiger partial charge in [-0.1, -0.05) is 13.0 Å². The summed E-state index contributed by atoms with van der Waals surface area (Å²) in [6, 6.07) is 3.85. The highest BCUT2D eigenvalue weighted by Gasteiger charge is 2.35. The van der Waals surface area contributed by atoms with E-state index in [2.05, 4.69) is 15.3 Å². The highest BCUT2D eigenvalue weighted by molar-refractivity contribution is 5.36. The number of aromatic nitrogens is 2. The maximum atomic E-state index is 13.1. The maximum absolute atomic E-state index is 13.1. The Kier molecular flexibility index (Phi) is 4.34. The second-order valence-electron chi connectivity index (χ2n) is 4.24. The van der Waals surface area contributed by atoms with Crippen LogP contribution in [0.5, 0.6) is 0 Å². The third kappa shape index (κ3) is 3.14. The van der Waals surface area contributed by atoms with E-state index < -0.39 is 17.8 Å². The number of alkyl halides is 3. The predicted molar refractivity (Wildman–Crippen MR) is 69.0 cm³/mol. The zero-order valence-corrected chi connectivity index (χ0v) is 10.9. The molecule has 0 aromatic carbocycles. The number of nitrogens with one attached hydrogen (secondary N) is 1. The van der Waals surface area contributed by atoms with Gasteiger partial charge in [-0.3, -0.25) is 9.97 Å². The van der Waals surface area contributed by atoms with Crippen molar-refractivity contribution in [3.8, 4) is 0 Å². The Bertz CT molecular complexity index is 555. The molecule has 20 heavy (non-hydrogen) atoms. The second kappa shape index (κ2) is 6.00. The molecule has 106 valence electrons. The Morgan fingerprint density at radius 1 is 1.15 bits per heavy atom. The largest absolute Gasteiger partial charge is 0.416 e. The van der Waals surface area contributed by atoms with Crippen molar-refractivity contribution in [1.82, 2.24) is 15.3 Å². The van der Waals surface area contributed by atoms with Crippen LogP contribution in [0.15, 0.2) is 43.0 Å². The summed E-state index contributed by atoms with van der Waals surface area (Å²) in [7, 11) is 0. The standard InChI is InChI=1S/C14H14F3N3/c1-2-20-13(10-4-3-6-18-8-10)11-9-19-7-5-12(11)14(15,16)17/h3-9,13,20H,2H2,1H3. The Labute approximate surface area is 114 Å². The van der Waals surface area contributed by atoms with E-state index in [4.69, 9.17) is 0 Å². The van der Waals surface area contributed by atoms with Crippen molar-refractivity contribution in [2.24, 2.45) is 0 Å². The van der Waals surface area contributed by atoms with Gasteiger partial charge in [0.05, 0.1) is 11.6 Å². The van der Waals surface area contributed by atoms with Crippen molar-refractivity contribution in [2.75, 3.05) is 6.54 Å². The molecule has 1 unspecified atom stereocenters. The average Bonchev–Trinajstić information content (AvgIpc) is 2.45. The normalized spacial score (nSPS) is 13.2. The summed E-state index contributed by atoms with van der Waals surface area (Å²) in [5.41, 5.74) is 0.102. The highest BCUT2D eigenvalue weighted by atomic mass is 19.4. The number of hydrogen-bond acceptors (Lipinski definition) is 3. The average molecular weight is 281 g/mol. The van der Waals surface area contributed by atoms with Crippen molar-refractivity contribution in [1.29, 1.82) is 0 Å². The lowest BCUT2D eigenvalue weighted by Gasteiger charge is -2.22. The molecule has 0 aliphatic carbocycles. The van der Waals surface area contributed by atoms with E-state index >= 15 is 0 Å². The number of nitrogens with zero attached hydrogens (tertiary/aromatic N) is 2. The van der Waals surface area contributed by atoms with Crippen LogP contribution in [0.4, 0.5) is 13.2 Å². The molecule has 0 fully saturated rings. The number of rotatable bonds is 4. The summed E-state index contributed by atoms with van der Waals surface area (Å²) in [6.45, 7) is 2.37. The maximum Gasteiger partial charge on any atom is 0.416 e. The molecular weight excluding hydrogens is 267 g/mol. The van der Waals surface area contributed by atoms with Gasteiger partial charge in [-0.15, -0.1) is 0 Å². The molecule has 0 saturated carbocycles. The van der Waals surface area contributed by atoms with Gasteiger partial charge >= 0.3 is 6.18 Å². The van der Waals surface area contributed by atoms with Crippen LogP contribution in [0.25, 0.3) is 0 Å². The van der Waals surface area contributed by atoms with Crippen molar-refractivity contribution >= 4 is 0 Å². The van der Waals surface area contributed by atoms with E-state index in [0.717, 1.165) is 12.3 Å². The van der Waals surface area contributed by atoms with Gasteiger partial charge in [-0.05, 0) is 24.2 Å². The van der Waals surface area contributed by atoms with Crippen LogP contribution >= 0.6 is 0 Å². The van der Waals surface area contributed by atoms with Gasteiger partial charge in [0, 0.05) is 30.4 Å². The molecular formula is C14H14F3N3. The Morgan fingerprint density at radius 3 is 2.50 bits per heavy atom. The molecule has 0 spiro atoms. The van der Waals surface area contributed by atoms with Crippen LogP contribution in [-0.2, 0) is 6.18 Å². The first-order valence-corrected chi connectivity index (χ1v) is 6.18. The summed E-state index contributed by atoms with van der Waals surface area (Å²) in [4.78, 5) is 7.79. The topological polar surface area (TPSA) is 37.8 Å². The van der Waals surface area contributed by atoms with E-state index in [1.165, 1.54) is 6.20 Å². The lowest BCUT2D eigenvalue weighted by molar-refractivity contribution is -0.138. The van der Waals surface area contributed by atoms with Gasteiger partial charge in [0.25, 0.3) is 0 Å². The Balaban J connectivity index is 2.51. The van der Waals surface area contributed by atoms with Crippen LogP contribution in [0.1, 0.15) is 29.7 Å². The number of halogens is 3. The van der Waals surface area contributed by atoms with E-state index in [1.54, 1.807) is 24.5 Å². The first-order valence-electron chi connectivity index (χ1n) is 6.18. The van der Waals surface area contributed by atoms with Crippen molar-refractivity contribution < 1.29 is 13.2 Å². The minimum absolute atomic E-state index is 0.106. The van der Waals surface area contributed by atoms with Crippen LogP contribution in [0.2, 0.25) is 0 Å². The summed E-state index contributed by atoms with van der Waals surface area (Å²) < 4.78 is 39.3. The fourth-order valence-electron chi connectivity index (χ4n) is 2.05. The highest BCUT2D eigenvalue weighted by Crippen LogP contribution is 2.35. The fraction of sp³-hybridized carbons (Fsp3) is 0.286. The van der Waals surface area contributed by atoms with Crippen LogP contribution in [-0.4, -0.2) is 16.5 Å². The molecule has 2 aromatic heterocycles. The molecule has 1 N–H and O–H groups in total. The van der Waals surface area contributed by atoms with E-state index in [1.807, 2.05) is 6.92 Å². The van der Waals surface area contributed by atoms with Gasteiger partial charge in [-0.25, -0.2) is 0 Å². The zero-order valence-electron chi connectivity index (χ0n) is 10.9. The minimum Gasteiger partial charge on any atom is -0.306 e. The lowest BCUT2D eigenvalue weighted by Crippen LogP contribution is -2.25. The van der Waals surface area contributed by atoms with E-state index in [-0.39, 0.29) is 5.56 Å². The Morgan fingerprint density at radius 2 is 1.90 bits per heavy atom. The molecule has 2 rings (SSSR count). The molecule has 0 radical (unpaired) electrons. The van der Waals surface area contributed by atoms with Crippen molar-refractivity contribution in [2.45, 2.75) is 19.1 Å². The Hall–Kier alpha value is -1.95. The summed E-state index contributed by atoms with van der Waals surface area (Å²) >= 11 is 0. The van der Waals surface area contributed by atoms with Crippen LogP contribution < -0.4 is 5.32 Å². The lowest BCUT2D eigenvalue weighted by atomic mass is 9.97. The zero-order chi connectivity index (χ0) is 14.6. The molecule has 0 saturated heterocycles. The van der Waals surface area contributed by atoms with Crippen LogP contribution in [0, 0.1) is 0 Å². The smallest absolute Gasteiger partial charge is 0.306 e. The monoisotopic (exact) mass is 281 g/mol. The molecule has 6 heteroatoms. The van der Waals surface area contributed by atoms with Gasteiger partial charge < -0.3 is 5.32 Å². The molecule has 2 aromatic rings. The molecule has 2 heterocycles. The number of pyridine rings is 2. The molecule has 0 aliphatic heterocycles. The quantitative estimate of drug-likeness (QED) is 0.935. The molecule has 0 aliphatic rings. The first kappa shape index (κ1) is 14.5. The first-order chi connectivity index (χ1) is 9.54. The van der Waals surface area contributed by atoms with Crippen LogP contribution in [0.3, 0.4) is 0 Å². The molecule has 0 amide bonds. The van der Waals surface area contributed by atoms with Gasteiger partial charge in [0.1, 0.15) is 0 Å². The second-order valence-corrected chi connectivity index (χ2v) is 4.24. The summed E-state index contributed by atoms with van der Waals surface area (Å²) in [5, 5.41) is 3.05. The molecule has 3 nitrogen and oxygen atoms in total. The van der Waals surface area contributed by atoms with Gasteiger partial charge in [0.15, 0.2) is 0 Å². The number of hydrogen-bond donors (Lipinski definition) is 1. The molecule has 0 bridgehead atoms. The minimum atomic E-state index is -4.41.